The van der Waals surface area contributed by atoms with Crippen LogP contribution in [0, 0.1) is 0 Å². The lowest BCUT2D eigenvalue weighted by Crippen LogP contribution is -2.47. The Morgan fingerprint density at radius 3 is 2.42 bits per heavy atom. The van der Waals surface area contributed by atoms with Crippen LogP contribution in [0.1, 0.15) is 18.5 Å². The molecule has 0 aliphatic carbocycles. The fourth-order valence-corrected chi connectivity index (χ4v) is 3.46. The summed E-state index contributed by atoms with van der Waals surface area (Å²) in [6, 6.07) is 16.0. The van der Waals surface area contributed by atoms with Crippen LogP contribution < -0.4 is 10.2 Å². The maximum Gasteiger partial charge on any atom is 0.335 e. The Balaban J connectivity index is 2.15. The van der Waals surface area contributed by atoms with E-state index >= 15 is 0 Å². The van der Waals surface area contributed by atoms with Crippen LogP contribution in [0.15, 0.2) is 65.9 Å². The van der Waals surface area contributed by atoms with Crippen LogP contribution in [-0.4, -0.2) is 16.2 Å². The Kier molecular flexibility index (Phi) is 4.55. The molecule has 0 amide bonds. The molecule has 0 saturated carbocycles. The highest BCUT2D eigenvalue weighted by Gasteiger charge is 2.35. The zero-order valence-corrected chi connectivity index (χ0v) is 14.4. The summed E-state index contributed by atoms with van der Waals surface area (Å²) >= 11 is 11.8. The fourth-order valence-electron chi connectivity index (χ4n) is 2.85. The first-order valence-corrected chi connectivity index (χ1v) is 8.13. The minimum Gasteiger partial charge on any atom is -0.478 e. The maximum atomic E-state index is 11.9. The van der Waals surface area contributed by atoms with E-state index in [1.165, 1.54) is 0 Å². The van der Waals surface area contributed by atoms with E-state index in [4.69, 9.17) is 23.8 Å². The highest BCUT2D eigenvalue weighted by atomic mass is 35.5. The number of anilines is 1. The molecular weight excluding hydrogens is 344 g/mol. The van der Waals surface area contributed by atoms with Gasteiger partial charge in [0.15, 0.2) is 5.11 Å². The van der Waals surface area contributed by atoms with Gasteiger partial charge in [-0.05, 0) is 42.9 Å². The normalized spacial score (nSPS) is 17.7. The summed E-state index contributed by atoms with van der Waals surface area (Å²) in [6.45, 7) is 1.76. The van der Waals surface area contributed by atoms with Crippen LogP contribution in [0.3, 0.4) is 0 Å². The van der Waals surface area contributed by atoms with Crippen molar-refractivity contribution >= 4 is 40.6 Å². The van der Waals surface area contributed by atoms with Crippen LogP contribution in [-0.2, 0) is 4.79 Å². The Morgan fingerprint density at radius 2 is 1.79 bits per heavy atom. The monoisotopic (exact) mass is 358 g/mol. The number of thiocarbonyl (C=S) groups is 1. The average molecular weight is 359 g/mol. The minimum absolute atomic E-state index is 0.223. The van der Waals surface area contributed by atoms with Crippen LogP contribution in [0.5, 0.6) is 0 Å². The molecule has 1 atom stereocenters. The molecule has 0 radical (unpaired) electrons. The van der Waals surface area contributed by atoms with Gasteiger partial charge in [0.1, 0.15) is 0 Å². The number of halogens is 1. The number of rotatable bonds is 3. The van der Waals surface area contributed by atoms with Gasteiger partial charge in [0, 0.05) is 16.4 Å². The largest absolute Gasteiger partial charge is 0.478 e. The summed E-state index contributed by atoms with van der Waals surface area (Å²) in [5.41, 5.74) is 2.29. The molecule has 0 aromatic heterocycles. The Hall–Kier alpha value is -2.37. The first-order chi connectivity index (χ1) is 11.5. The lowest BCUT2D eigenvalue weighted by molar-refractivity contribution is -0.133. The number of carboxylic acid groups (broad SMARTS) is 1. The molecule has 24 heavy (non-hydrogen) atoms. The quantitative estimate of drug-likeness (QED) is 0.808. The van der Waals surface area contributed by atoms with Crippen molar-refractivity contribution in [2.75, 3.05) is 4.90 Å². The molecular formula is C18H15ClN2O2S. The topological polar surface area (TPSA) is 52.6 Å². The van der Waals surface area contributed by atoms with Gasteiger partial charge in [0.25, 0.3) is 0 Å². The van der Waals surface area contributed by atoms with Crippen LogP contribution in [0.25, 0.3) is 0 Å². The van der Waals surface area contributed by atoms with E-state index in [-0.39, 0.29) is 5.57 Å². The minimum atomic E-state index is -1.01. The van der Waals surface area contributed by atoms with E-state index < -0.39 is 12.0 Å². The first-order valence-electron chi connectivity index (χ1n) is 7.35. The number of nitrogens with one attached hydrogen (secondary N) is 1. The third kappa shape index (κ3) is 2.88. The lowest BCUT2D eigenvalue weighted by Gasteiger charge is -2.37. The molecule has 0 bridgehead atoms. The van der Waals surface area contributed by atoms with E-state index in [0.717, 1.165) is 5.69 Å². The Morgan fingerprint density at radius 1 is 1.17 bits per heavy atom. The van der Waals surface area contributed by atoms with E-state index in [0.29, 0.717) is 21.4 Å². The van der Waals surface area contributed by atoms with E-state index in [2.05, 4.69) is 5.32 Å². The van der Waals surface area contributed by atoms with Crippen molar-refractivity contribution in [2.24, 2.45) is 0 Å². The number of hydrogen-bond donors (Lipinski definition) is 2. The number of para-hydroxylation sites is 1. The SMILES string of the molecule is CC1=C(C(=O)O)C(c2ccccc2Cl)NC(=S)N1c1ccccc1. The highest BCUT2D eigenvalue weighted by Crippen LogP contribution is 2.35. The zero-order chi connectivity index (χ0) is 17.3. The Bertz CT molecular complexity index is 836. The van der Waals surface area contributed by atoms with Crippen molar-refractivity contribution in [1.29, 1.82) is 0 Å². The van der Waals surface area contributed by atoms with E-state index in [9.17, 15) is 9.90 Å². The summed E-state index contributed by atoms with van der Waals surface area (Å²) in [5, 5.41) is 13.8. The first kappa shape index (κ1) is 16.5. The summed E-state index contributed by atoms with van der Waals surface area (Å²) in [6.07, 6.45) is 0. The summed E-state index contributed by atoms with van der Waals surface area (Å²) < 4.78 is 0. The number of benzene rings is 2. The van der Waals surface area contributed by atoms with Gasteiger partial charge in [-0.2, -0.15) is 0 Å². The van der Waals surface area contributed by atoms with Crippen molar-refractivity contribution in [1.82, 2.24) is 5.32 Å². The number of hydrogen-bond acceptors (Lipinski definition) is 2. The second kappa shape index (κ2) is 6.63. The molecule has 4 nitrogen and oxygen atoms in total. The number of aliphatic carboxylic acids is 1. The predicted octanol–water partition coefficient (Wildman–Crippen LogP) is 4.13. The third-order valence-electron chi connectivity index (χ3n) is 3.95. The molecule has 1 unspecified atom stereocenters. The molecule has 2 N–H and O–H groups in total. The van der Waals surface area contributed by atoms with Crippen molar-refractivity contribution in [3.8, 4) is 0 Å². The van der Waals surface area contributed by atoms with Crippen LogP contribution >= 0.6 is 23.8 Å². The molecule has 1 aliphatic rings. The van der Waals surface area contributed by atoms with Gasteiger partial charge in [0.2, 0.25) is 0 Å². The lowest BCUT2D eigenvalue weighted by atomic mass is 9.95. The number of nitrogens with zero attached hydrogens (tertiary/aromatic N) is 1. The van der Waals surface area contributed by atoms with Crippen molar-refractivity contribution in [2.45, 2.75) is 13.0 Å². The molecule has 122 valence electrons. The number of carboxylic acids is 1. The molecule has 0 spiro atoms. The zero-order valence-electron chi connectivity index (χ0n) is 12.9. The van der Waals surface area contributed by atoms with Gasteiger partial charge in [-0.3, -0.25) is 4.90 Å². The molecule has 1 heterocycles. The van der Waals surface area contributed by atoms with Gasteiger partial charge >= 0.3 is 5.97 Å². The van der Waals surface area contributed by atoms with Gasteiger partial charge in [-0.15, -0.1) is 0 Å². The number of carbonyl (C=O) groups is 1. The summed E-state index contributed by atoms with van der Waals surface area (Å²) in [7, 11) is 0. The van der Waals surface area contributed by atoms with Gasteiger partial charge in [0.05, 0.1) is 11.6 Å². The van der Waals surface area contributed by atoms with Crippen LogP contribution in [0.4, 0.5) is 5.69 Å². The molecule has 0 saturated heterocycles. The van der Waals surface area contributed by atoms with Gasteiger partial charge in [-0.1, -0.05) is 48.0 Å². The van der Waals surface area contributed by atoms with Crippen molar-refractivity contribution in [3.05, 3.63) is 76.5 Å². The third-order valence-corrected chi connectivity index (χ3v) is 4.59. The fraction of sp³-hybridized carbons (Fsp3) is 0.111. The van der Waals surface area contributed by atoms with E-state index in [1.54, 1.807) is 30.0 Å². The van der Waals surface area contributed by atoms with Crippen LogP contribution in [0.2, 0.25) is 5.02 Å². The highest BCUT2D eigenvalue weighted by molar-refractivity contribution is 7.80. The van der Waals surface area contributed by atoms with Gasteiger partial charge < -0.3 is 10.4 Å². The standard InChI is InChI=1S/C18H15ClN2O2S/c1-11-15(17(22)23)16(13-9-5-6-10-14(13)19)20-18(24)21(11)12-7-3-2-4-8-12/h2-10,16H,1H3,(H,20,24)(H,22,23). The second-order valence-electron chi connectivity index (χ2n) is 5.38. The molecule has 6 heteroatoms. The summed E-state index contributed by atoms with van der Waals surface area (Å²) in [4.78, 5) is 13.7. The Labute approximate surface area is 150 Å². The summed E-state index contributed by atoms with van der Waals surface area (Å²) in [5.74, 6) is -1.01. The second-order valence-corrected chi connectivity index (χ2v) is 6.17. The van der Waals surface area contributed by atoms with Crippen molar-refractivity contribution < 1.29 is 9.90 Å². The maximum absolute atomic E-state index is 11.9. The molecule has 2 aromatic carbocycles. The number of allylic oxidation sites excluding steroid dienone is 1. The van der Waals surface area contributed by atoms with Crippen molar-refractivity contribution in [3.63, 3.8) is 0 Å². The van der Waals surface area contributed by atoms with Gasteiger partial charge in [-0.25, -0.2) is 4.79 Å². The molecule has 2 aromatic rings. The molecule has 3 rings (SSSR count). The molecule has 0 fully saturated rings. The smallest absolute Gasteiger partial charge is 0.335 e. The molecule has 1 aliphatic heterocycles. The predicted molar refractivity (Wildman–Crippen MR) is 99.2 cm³/mol. The van der Waals surface area contributed by atoms with E-state index in [1.807, 2.05) is 36.4 Å². The average Bonchev–Trinajstić information content (AvgIpc) is 2.55.